The number of hydrogen-bond donors (Lipinski definition) is 2. The predicted molar refractivity (Wildman–Crippen MR) is 133 cm³/mol. The average molecular weight is 532 g/mol. The van der Waals surface area contributed by atoms with Crippen molar-refractivity contribution in [1.82, 2.24) is 10.5 Å². The number of fused-ring (bicyclic) bond motifs is 1. The number of nitrogens with one attached hydrogen (secondary N) is 1. The molecule has 1 saturated heterocycles. The van der Waals surface area contributed by atoms with Gasteiger partial charge in [0.15, 0.2) is 0 Å². The van der Waals surface area contributed by atoms with Crippen LogP contribution < -0.4 is 15.1 Å². The average Bonchev–Trinajstić information content (AvgIpc) is 2.91. The van der Waals surface area contributed by atoms with Crippen molar-refractivity contribution in [3.8, 4) is 5.75 Å². The number of amides is 2. The van der Waals surface area contributed by atoms with E-state index < -0.39 is 29.4 Å². The molecular weight excluding hydrogens is 503 g/mol. The fourth-order valence-electron chi connectivity index (χ4n) is 4.92. The molecule has 2 heterocycles. The predicted octanol–water partition coefficient (Wildman–Crippen LogP) is 4.71. The number of halogens is 3. The van der Waals surface area contributed by atoms with Gasteiger partial charge < -0.3 is 9.47 Å². The third-order valence-corrected chi connectivity index (χ3v) is 6.87. The zero-order chi connectivity index (χ0) is 27.5. The molecule has 0 spiro atoms. The number of para-hydroxylation sites is 1. The molecule has 4 rings (SSSR count). The third-order valence-electron chi connectivity index (χ3n) is 6.87. The highest BCUT2D eigenvalue weighted by molar-refractivity contribution is 6.00. The van der Waals surface area contributed by atoms with Gasteiger partial charge in [-0.15, -0.1) is 0 Å². The number of carbonyl (C=O) groups is 2. The van der Waals surface area contributed by atoms with Gasteiger partial charge in [-0.2, -0.15) is 13.2 Å². The number of benzene rings is 2. The van der Waals surface area contributed by atoms with Gasteiger partial charge in [-0.05, 0) is 56.2 Å². The molecule has 202 valence electrons. The Morgan fingerprint density at radius 3 is 2.55 bits per heavy atom. The molecule has 1 aliphatic heterocycles. The van der Waals surface area contributed by atoms with Crippen LogP contribution in [0.4, 0.5) is 18.9 Å². The van der Waals surface area contributed by atoms with Gasteiger partial charge in [-0.25, -0.2) is 5.48 Å². The number of anilines is 1. The highest BCUT2D eigenvalue weighted by Gasteiger charge is 2.55. The summed E-state index contributed by atoms with van der Waals surface area (Å²) in [6.45, 7) is 3.39. The lowest BCUT2D eigenvalue weighted by Crippen LogP contribution is -2.65. The van der Waals surface area contributed by atoms with Crippen molar-refractivity contribution in [2.45, 2.75) is 45.0 Å². The van der Waals surface area contributed by atoms with Gasteiger partial charge in [0.2, 0.25) is 5.91 Å². The molecule has 1 aromatic heterocycles. The zero-order valence-electron chi connectivity index (χ0n) is 20.9. The van der Waals surface area contributed by atoms with Gasteiger partial charge in [-0.1, -0.05) is 25.1 Å². The lowest BCUT2D eigenvalue weighted by molar-refractivity contribution is -0.174. The second-order valence-electron chi connectivity index (χ2n) is 9.32. The molecule has 8 nitrogen and oxygen atoms in total. The Kier molecular flexibility index (Phi) is 7.89. The lowest BCUT2D eigenvalue weighted by atomic mass is 9.77. The number of aromatic nitrogens is 1. The first-order chi connectivity index (χ1) is 18.1. The minimum absolute atomic E-state index is 0.0656. The van der Waals surface area contributed by atoms with Crippen molar-refractivity contribution < 1.29 is 37.4 Å². The van der Waals surface area contributed by atoms with E-state index in [1.165, 1.54) is 36.7 Å². The Balaban J connectivity index is 1.66. The van der Waals surface area contributed by atoms with Crippen LogP contribution in [0.25, 0.3) is 10.9 Å². The third kappa shape index (κ3) is 5.44. The van der Waals surface area contributed by atoms with E-state index in [9.17, 15) is 28.0 Å². The largest absolute Gasteiger partial charge is 0.489 e. The maximum atomic E-state index is 13.8. The number of carbonyl (C=O) groups excluding carboxylic acids is 2. The molecule has 0 radical (unpaired) electrons. The van der Waals surface area contributed by atoms with Crippen LogP contribution in [0.5, 0.6) is 5.75 Å². The number of nitrogens with zero attached hydrogens (tertiary/aromatic N) is 2. The Bertz CT molecular complexity index is 1310. The maximum absolute atomic E-state index is 13.8. The quantitative estimate of drug-likeness (QED) is 0.338. The van der Waals surface area contributed by atoms with Crippen LogP contribution in [0.2, 0.25) is 0 Å². The summed E-state index contributed by atoms with van der Waals surface area (Å²) in [6, 6.07) is 15.1. The monoisotopic (exact) mass is 531 g/mol. The van der Waals surface area contributed by atoms with Crippen LogP contribution >= 0.6 is 0 Å². The van der Waals surface area contributed by atoms with Gasteiger partial charge in [0, 0.05) is 28.9 Å². The molecule has 0 bridgehead atoms. The van der Waals surface area contributed by atoms with Crippen LogP contribution in [0.15, 0.2) is 54.6 Å². The van der Waals surface area contributed by atoms with Gasteiger partial charge in [0.25, 0.3) is 0 Å². The molecule has 1 aliphatic rings. The van der Waals surface area contributed by atoms with Crippen molar-refractivity contribution in [3.05, 3.63) is 65.9 Å². The summed E-state index contributed by atoms with van der Waals surface area (Å²) in [4.78, 5) is 30.2. The van der Waals surface area contributed by atoms with E-state index in [0.29, 0.717) is 17.1 Å². The molecule has 3 aromatic rings. The number of rotatable bonds is 7. The van der Waals surface area contributed by atoms with E-state index in [2.05, 4.69) is 4.98 Å². The molecular formula is C27H28F3N3O5. The molecule has 2 atom stereocenters. The number of hydroxylamine groups is 1. The Morgan fingerprint density at radius 1 is 1.21 bits per heavy atom. The summed E-state index contributed by atoms with van der Waals surface area (Å²) < 4.78 is 52.8. The van der Waals surface area contributed by atoms with Crippen LogP contribution in [0.1, 0.15) is 31.0 Å². The molecule has 38 heavy (non-hydrogen) atoms. The Labute approximate surface area is 217 Å². The molecule has 0 aliphatic carbocycles. The molecule has 0 saturated carbocycles. The minimum Gasteiger partial charge on any atom is -0.489 e. The second-order valence-corrected chi connectivity index (χ2v) is 9.32. The van der Waals surface area contributed by atoms with E-state index in [4.69, 9.17) is 9.47 Å². The summed E-state index contributed by atoms with van der Waals surface area (Å²) >= 11 is 0. The zero-order valence-corrected chi connectivity index (χ0v) is 20.9. The number of alkyl halides is 3. The SMILES string of the molecule is Cc1cc(COc2ccc(N(C(=O)C(F)(F)F)C3(C(C)C(=O)NO)CCCOC3)cc2)c2ccccc2n1. The summed E-state index contributed by atoms with van der Waals surface area (Å²) in [5.74, 6) is -3.89. The van der Waals surface area contributed by atoms with E-state index >= 15 is 0 Å². The van der Waals surface area contributed by atoms with Gasteiger partial charge >= 0.3 is 12.1 Å². The van der Waals surface area contributed by atoms with Crippen LogP contribution in [-0.4, -0.2) is 46.9 Å². The normalized spacial score (nSPS) is 18.6. The molecule has 2 unspecified atom stereocenters. The minimum atomic E-state index is -5.21. The van der Waals surface area contributed by atoms with Gasteiger partial charge in [-0.3, -0.25) is 24.7 Å². The number of ether oxygens (including phenoxy) is 2. The van der Waals surface area contributed by atoms with E-state index in [0.717, 1.165) is 22.2 Å². The Morgan fingerprint density at radius 2 is 1.92 bits per heavy atom. The smallest absolute Gasteiger partial charge is 0.471 e. The van der Waals surface area contributed by atoms with Crippen LogP contribution in [-0.2, 0) is 20.9 Å². The highest BCUT2D eigenvalue weighted by Crippen LogP contribution is 2.40. The Hall–Kier alpha value is -3.70. The highest BCUT2D eigenvalue weighted by atomic mass is 19.4. The van der Waals surface area contributed by atoms with Crippen molar-refractivity contribution in [3.63, 3.8) is 0 Å². The molecule has 2 amide bonds. The number of aryl methyl sites for hydroxylation is 1. The molecule has 2 aromatic carbocycles. The van der Waals surface area contributed by atoms with E-state index in [-0.39, 0.29) is 31.9 Å². The number of pyridine rings is 1. The fraction of sp³-hybridized carbons (Fsp3) is 0.370. The first-order valence-electron chi connectivity index (χ1n) is 12.1. The van der Waals surface area contributed by atoms with Gasteiger partial charge in [0.05, 0.1) is 23.6 Å². The second kappa shape index (κ2) is 11.0. The first kappa shape index (κ1) is 27.3. The molecule has 2 N–H and O–H groups in total. The van der Waals surface area contributed by atoms with Gasteiger partial charge in [0.1, 0.15) is 12.4 Å². The van der Waals surface area contributed by atoms with Crippen molar-refractivity contribution >= 4 is 28.4 Å². The van der Waals surface area contributed by atoms with Crippen LogP contribution in [0.3, 0.4) is 0 Å². The van der Waals surface area contributed by atoms with E-state index in [1.54, 1.807) is 0 Å². The molecule has 11 heteroatoms. The topological polar surface area (TPSA) is 101 Å². The summed E-state index contributed by atoms with van der Waals surface area (Å²) in [5, 5.41) is 10.1. The summed E-state index contributed by atoms with van der Waals surface area (Å²) in [5.41, 5.74) is 2.28. The number of hydrogen-bond acceptors (Lipinski definition) is 6. The molecule has 1 fully saturated rings. The lowest BCUT2D eigenvalue weighted by Gasteiger charge is -2.48. The van der Waals surface area contributed by atoms with Crippen molar-refractivity contribution in [1.29, 1.82) is 0 Å². The van der Waals surface area contributed by atoms with Crippen LogP contribution in [0, 0.1) is 12.8 Å². The summed E-state index contributed by atoms with van der Waals surface area (Å²) in [6.07, 6.45) is -4.82. The first-order valence-corrected chi connectivity index (χ1v) is 12.1. The van der Waals surface area contributed by atoms with E-state index in [1.807, 2.05) is 37.3 Å². The fourth-order valence-corrected chi connectivity index (χ4v) is 4.92. The van der Waals surface area contributed by atoms with Crippen molar-refractivity contribution in [2.75, 3.05) is 18.1 Å². The van der Waals surface area contributed by atoms with Crippen molar-refractivity contribution in [2.24, 2.45) is 5.92 Å². The standard InChI is InChI=1S/C27H28F3N3O5/c1-17-14-19(22-6-3-4-7-23(22)31-17)15-38-21-10-8-20(9-11-21)33(25(35)27(28,29)30)26(12-5-13-37-16-26)18(2)24(34)32-36/h3-4,6-11,14,18,36H,5,12-13,15-16H2,1-2H3,(H,32,34). The maximum Gasteiger partial charge on any atom is 0.471 e. The summed E-state index contributed by atoms with van der Waals surface area (Å²) in [7, 11) is 0.